The minimum Gasteiger partial charge on any atom is -0.377 e. The number of hydrogen-bond donors (Lipinski definition) is 1. The van der Waals surface area contributed by atoms with E-state index in [1.165, 1.54) is 0 Å². The van der Waals surface area contributed by atoms with Gasteiger partial charge in [-0.2, -0.15) is 4.99 Å². The lowest BCUT2D eigenvalue weighted by molar-refractivity contribution is -0.00126. The molecule has 2 aromatic carbocycles. The molecule has 1 aliphatic rings. The van der Waals surface area contributed by atoms with Gasteiger partial charge in [-0.25, -0.2) is 4.39 Å². The van der Waals surface area contributed by atoms with Crippen molar-refractivity contribution in [1.82, 2.24) is 10.1 Å². The van der Waals surface area contributed by atoms with E-state index in [1.54, 1.807) is 18.2 Å². The van der Waals surface area contributed by atoms with Crippen LogP contribution in [0.25, 0.3) is 11.1 Å². The topological polar surface area (TPSA) is 76.9 Å². The number of ether oxygens (including phenoxy) is 1. The van der Waals surface area contributed by atoms with Crippen molar-refractivity contribution in [3.63, 3.8) is 0 Å². The van der Waals surface area contributed by atoms with Crippen molar-refractivity contribution in [2.24, 2.45) is 10.7 Å². The Balaban J connectivity index is 1.53. The Morgan fingerprint density at radius 1 is 1.13 bits per heavy atom. The van der Waals surface area contributed by atoms with E-state index in [4.69, 9.17) is 15.0 Å². The number of nitrogens with zero attached hydrogens (tertiary/aromatic N) is 3. The zero-order valence-electron chi connectivity index (χ0n) is 18.0. The van der Waals surface area contributed by atoms with Crippen LogP contribution in [-0.2, 0) is 4.74 Å². The second-order valence-electron chi connectivity index (χ2n) is 8.03. The Hall–Kier alpha value is -3.19. The van der Waals surface area contributed by atoms with E-state index in [2.05, 4.69) is 10.1 Å². The number of aromatic nitrogens is 1. The first kappa shape index (κ1) is 21.1. The number of guanidine groups is 1. The third-order valence-electron chi connectivity index (χ3n) is 5.69. The number of hydrogen-bond acceptors (Lipinski definition) is 4. The molecule has 0 spiro atoms. The summed E-state index contributed by atoms with van der Waals surface area (Å²) in [5.74, 6) is 0.273. The fraction of sp³-hybridized carbons (Fsp3) is 0.333. The Morgan fingerprint density at radius 3 is 2.52 bits per heavy atom. The highest BCUT2D eigenvalue weighted by atomic mass is 19.1. The first-order valence-electron chi connectivity index (χ1n) is 10.5. The van der Waals surface area contributed by atoms with Crippen molar-refractivity contribution in [2.75, 3.05) is 13.2 Å². The normalized spacial score (nSPS) is 20.6. The molecule has 6 nitrogen and oxygen atoms in total. The zero-order chi connectivity index (χ0) is 22.0. The smallest absolute Gasteiger partial charge is 0.253 e. The van der Waals surface area contributed by atoms with Gasteiger partial charge in [-0.1, -0.05) is 54.5 Å². The van der Waals surface area contributed by atoms with Gasteiger partial charge in [0.2, 0.25) is 0 Å². The summed E-state index contributed by atoms with van der Waals surface area (Å²) in [5, 5.41) is 4.14. The largest absolute Gasteiger partial charge is 0.377 e. The molecule has 3 aromatic rings. The van der Waals surface area contributed by atoms with Crippen LogP contribution < -0.4 is 5.73 Å². The second-order valence-corrected chi connectivity index (χ2v) is 8.03. The van der Waals surface area contributed by atoms with Crippen LogP contribution in [0.2, 0.25) is 0 Å². The minimum absolute atomic E-state index is 0.125. The van der Waals surface area contributed by atoms with Gasteiger partial charge in [0.15, 0.2) is 5.96 Å². The Labute approximate surface area is 181 Å². The summed E-state index contributed by atoms with van der Waals surface area (Å²) < 4.78 is 25.7. The molecule has 0 aliphatic carbocycles. The quantitative estimate of drug-likeness (QED) is 0.488. The van der Waals surface area contributed by atoms with E-state index in [1.807, 2.05) is 62.1 Å². The summed E-state index contributed by atoms with van der Waals surface area (Å²) in [4.78, 5) is 6.43. The Bertz CT molecular complexity index is 1060. The third-order valence-corrected chi connectivity index (χ3v) is 5.69. The van der Waals surface area contributed by atoms with Crippen molar-refractivity contribution in [3.8, 4) is 11.1 Å². The molecule has 0 bridgehead atoms. The number of morpholine rings is 1. The maximum absolute atomic E-state index is 14.8. The van der Waals surface area contributed by atoms with Gasteiger partial charge in [0.1, 0.15) is 5.82 Å². The number of aliphatic imine (C=N–C) groups is 1. The van der Waals surface area contributed by atoms with Gasteiger partial charge in [0, 0.05) is 17.5 Å². The van der Waals surface area contributed by atoms with Crippen molar-refractivity contribution >= 4 is 11.8 Å². The van der Waals surface area contributed by atoms with Crippen molar-refractivity contribution < 1.29 is 13.7 Å². The average molecular weight is 423 g/mol. The predicted octanol–water partition coefficient (Wildman–Crippen LogP) is 4.69. The van der Waals surface area contributed by atoms with E-state index in [9.17, 15) is 4.39 Å². The molecule has 1 aromatic heterocycles. The Kier molecular flexibility index (Phi) is 6.04. The van der Waals surface area contributed by atoms with Gasteiger partial charge in [-0.3, -0.25) is 0 Å². The predicted molar refractivity (Wildman–Crippen MR) is 119 cm³/mol. The molecular formula is C24H27FN4O2. The van der Waals surface area contributed by atoms with Gasteiger partial charge < -0.3 is 19.9 Å². The van der Waals surface area contributed by atoms with Crippen LogP contribution in [0, 0.1) is 5.82 Å². The Morgan fingerprint density at radius 2 is 1.84 bits per heavy atom. The van der Waals surface area contributed by atoms with Crippen LogP contribution in [0.4, 0.5) is 10.3 Å². The second kappa shape index (κ2) is 8.89. The van der Waals surface area contributed by atoms with Crippen LogP contribution in [-0.4, -0.2) is 41.3 Å². The third kappa shape index (κ3) is 4.46. The molecule has 0 radical (unpaired) electrons. The molecule has 1 aliphatic heterocycles. The highest BCUT2D eigenvalue weighted by Crippen LogP contribution is 2.30. The van der Waals surface area contributed by atoms with Crippen molar-refractivity contribution in [3.05, 3.63) is 71.7 Å². The van der Waals surface area contributed by atoms with Crippen LogP contribution in [0.3, 0.4) is 0 Å². The molecule has 2 N–H and O–H groups in total. The SMILES string of the molecule is CC(c1ccc(-c2ccccc2)c(F)c1)c1cc(N=C(N)N2C(C)COCC2C)on1. The maximum atomic E-state index is 14.8. The summed E-state index contributed by atoms with van der Waals surface area (Å²) in [6.45, 7) is 7.24. The van der Waals surface area contributed by atoms with Gasteiger partial charge in [-0.15, -0.1) is 0 Å². The molecule has 31 heavy (non-hydrogen) atoms. The van der Waals surface area contributed by atoms with E-state index in [0.717, 1.165) is 11.1 Å². The van der Waals surface area contributed by atoms with Crippen molar-refractivity contribution in [2.45, 2.75) is 38.8 Å². The molecule has 1 saturated heterocycles. The summed E-state index contributed by atoms with van der Waals surface area (Å²) >= 11 is 0. The number of rotatable bonds is 4. The van der Waals surface area contributed by atoms with Gasteiger partial charge in [0.05, 0.1) is 31.0 Å². The van der Waals surface area contributed by atoms with Crippen LogP contribution in [0.15, 0.2) is 64.1 Å². The molecule has 3 atom stereocenters. The first-order valence-corrected chi connectivity index (χ1v) is 10.5. The first-order chi connectivity index (χ1) is 14.9. The molecule has 0 amide bonds. The number of benzene rings is 2. The molecule has 3 unspecified atom stereocenters. The molecule has 7 heteroatoms. The highest BCUT2D eigenvalue weighted by Gasteiger charge is 2.27. The fourth-order valence-corrected chi connectivity index (χ4v) is 3.99. The van der Waals surface area contributed by atoms with E-state index >= 15 is 0 Å². The minimum atomic E-state index is -0.267. The zero-order valence-corrected chi connectivity index (χ0v) is 18.0. The van der Waals surface area contributed by atoms with E-state index in [0.29, 0.717) is 36.3 Å². The monoisotopic (exact) mass is 422 g/mol. The molecule has 1 fully saturated rings. The number of nitrogens with two attached hydrogens (primary N) is 1. The van der Waals surface area contributed by atoms with Crippen LogP contribution in [0.5, 0.6) is 0 Å². The summed E-state index contributed by atoms with van der Waals surface area (Å²) in [6.07, 6.45) is 0. The van der Waals surface area contributed by atoms with E-state index < -0.39 is 0 Å². The van der Waals surface area contributed by atoms with E-state index in [-0.39, 0.29) is 23.8 Å². The number of halogens is 1. The van der Waals surface area contributed by atoms with Gasteiger partial charge >= 0.3 is 0 Å². The lowest BCUT2D eigenvalue weighted by Gasteiger charge is -2.39. The molecule has 4 rings (SSSR count). The summed E-state index contributed by atoms with van der Waals surface area (Å²) in [5.41, 5.74) is 9.13. The van der Waals surface area contributed by atoms with Crippen molar-refractivity contribution in [1.29, 1.82) is 0 Å². The molecule has 162 valence electrons. The molecule has 2 heterocycles. The summed E-state index contributed by atoms with van der Waals surface area (Å²) in [6, 6.07) is 16.8. The standard InChI is InChI=1S/C24H27FN4O2/c1-15-13-30-14-16(2)29(15)24(26)27-23-12-22(28-31-23)17(3)19-9-10-20(21(25)11-19)18-7-5-4-6-8-18/h4-12,15-17H,13-14H2,1-3H3,(H2,26,27). The lowest BCUT2D eigenvalue weighted by Crippen LogP contribution is -2.55. The molecular weight excluding hydrogens is 395 g/mol. The highest BCUT2D eigenvalue weighted by molar-refractivity contribution is 5.81. The van der Waals surface area contributed by atoms with Crippen LogP contribution in [0.1, 0.15) is 37.9 Å². The summed E-state index contributed by atoms with van der Waals surface area (Å²) in [7, 11) is 0. The molecule has 0 saturated carbocycles. The maximum Gasteiger partial charge on any atom is 0.253 e. The van der Waals surface area contributed by atoms with Gasteiger partial charge in [-0.05, 0) is 31.0 Å². The van der Waals surface area contributed by atoms with Crippen LogP contribution >= 0.6 is 0 Å². The average Bonchev–Trinajstić information content (AvgIpc) is 3.22. The van der Waals surface area contributed by atoms with Gasteiger partial charge in [0.25, 0.3) is 5.88 Å². The lowest BCUT2D eigenvalue weighted by atomic mass is 9.95. The fourth-order valence-electron chi connectivity index (χ4n) is 3.99.